The molecule has 0 heterocycles. The van der Waals surface area contributed by atoms with Crippen LogP contribution in [0.25, 0.3) is 0 Å². The van der Waals surface area contributed by atoms with Crippen molar-refractivity contribution in [2.24, 2.45) is 0 Å². The zero-order valence-corrected chi connectivity index (χ0v) is 18.7. The fraction of sp³-hybridized carbons (Fsp3) is 0.476. The third kappa shape index (κ3) is 5.52. The number of aryl methyl sites for hydroxylation is 1. The molecule has 158 valence electrons. The number of carbonyl (C=O) groups is 1. The molecule has 0 aromatic heterocycles. The van der Waals surface area contributed by atoms with Gasteiger partial charge in [-0.05, 0) is 57.4 Å². The van der Waals surface area contributed by atoms with E-state index >= 15 is 0 Å². The van der Waals surface area contributed by atoms with Crippen LogP contribution in [0.2, 0.25) is 10.0 Å². The van der Waals surface area contributed by atoms with E-state index in [1.165, 1.54) is 0 Å². The lowest BCUT2D eigenvalue weighted by Gasteiger charge is -2.29. The summed E-state index contributed by atoms with van der Waals surface area (Å²) in [6.07, 6.45) is 0.808. The summed E-state index contributed by atoms with van der Waals surface area (Å²) in [6, 6.07) is 3.26. The van der Waals surface area contributed by atoms with Gasteiger partial charge in [0.05, 0.1) is 13.2 Å². The van der Waals surface area contributed by atoms with E-state index < -0.39 is 22.6 Å². The number of carbonyl (C=O) groups excluding carboxylic acids is 1. The largest absolute Gasteiger partial charge is 0.487 e. The molecule has 0 fully saturated rings. The molecule has 1 amide bonds. The lowest BCUT2D eigenvalue weighted by Crippen LogP contribution is -2.45. The summed E-state index contributed by atoms with van der Waals surface area (Å²) in [6.45, 7) is 9.12. The number of nitrogens with zero attached hydrogens (tertiary/aromatic N) is 1. The van der Waals surface area contributed by atoms with Gasteiger partial charge in [-0.15, -0.1) is 0 Å². The molecular formula is C21H25Cl2NO5. The molecule has 2 rings (SSSR count). The second kappa shape index (κ2) is 9.18. The first kappa shape index (κ1) is 23.2. The summed E-state index contributed by atoms with van der Waals surface area (Å²) in [4.78, 5) is 38.4. The number of halogens is 2. The third-order valence-corrected chi connectivity index (χ3v) is 4.73. The van der Waals surface area contributed by atoms with Gasteiger partial charge in [0.1, 0.15) is 11.3 Å². The molecule has 8 heteroatoms. The number of hydrogen-bond acceptors (Lipinski definition) is 5. The zero-order chi connectivity index (χ0) is 21.9. The van der Waals surface area contributed by atoms with E-state index in [0.29, 0.717) is 22.0 Å². The number of amides is 1. The van der Waals surface area contributed by atoms with Crippen molar-refractivity contribution in [3.63, 3.8) is 0 Å². The van der Waals surface area contributed by atoms with E-state index in [-0.39, 0.29) is 24.6 Å². The van der Waals surface area contributed by atoms with Gasteiger partial charge in [0.15, 0.2) is 5.75 Å². The number of unbranched alkanes of at least 4 members (excludes halogenated alkanes) is 1. The molecule has 0 aliphatic rings. The van der Waals surface area contributed by atoms with Crippen LogP contribution >= 0.6 is 23.2 Å². The standard InChI is InChI=1S/C21H25Cl2NO5/c1-6-7-8-28-19-16(17(25)18(19)26)24(20(27)29-21(3,4)5)11-14-12(2)9-13(22)10-15(14)23/h9-10H,6-8,11H2,1-5H3. The maximum atomic E-state index is 12.9. The highest BCUT2D eigenvalue weighted by molar-refractivity contribution is 6.35. The summed E-state index contributed by atoms with van der Waals surface area (Å²) >= 11 is 12.4. The Bertz CT molecular complexity index is 948. The van der Waals surface area contributed by atoms with Crippen LogP contribution in [-0.2, 0) is 11.3 Å². The molecule has 29 heavy (non-hydrogen) atoms. The van der Waals surface area contributed by atoms with E-state index in [9.17, 15) is 14.4 Å². The summed E-state index contributed by atoms with van der Waals surface area (Å²) in [7, 11) is 0. The molecule has 0 atom stereocenters. The van der Waals surface area contributed by atoms with Gasteiger partial charge in [0, 0.05) is 10.0 Å². The zero-order valence-electron chi connectivity index (χ0n) is 17.2. The molecule has 6 nitrogen and oxygen atoms in total. The first-order valence-corrected chi connectivity index (χ1v) is 10.1. The Hall–Kier alpha value is -2.05. The number of hydrogen-bond donors (Lipinski definition) is 0. The minimum atomic E-state index is -0.797. The normalized spacial score (nSPS) is 11.6. The minimum Gasteiger partial charge on any atom is -0.487 e. The van der Waals surface area contributed by atoms with Crippen LogP contribution in [0.5, 0.6) is 5.75 Å². The van der Waals surface area contributed by atoms with Gasteiger partial charge in [0.2, 0.25) is 0 Å². The first-order chi connectivity index (χ1) is 13.5. The van der Waals surface area contributed by atoms with E-state index in [2.05, 4.69) is 0 Å². The molecule has 0 aliphatic carbocycles. The van der Waals surface area contributed by atoms with Crippen LogP contribution in [0.15, 0.2) is 21.7 Å². The Morgan fingerprint density at radius 1 is 1.14 bits per heavy atom. The summed E-state index contributed by atoms with van der Waals surface area (Å²) in [5.74, 6) is -0.114. The predicted molar refractivity (Wildman–Crippen MR) is 115 cm³/mol. The number of anilines is 1. The van der Waals surface area contributed by atoms with Crippen molar-refractivity contribution in [1.29, 1.82) is 0 Å². The maximum Gasteiger partial charge on any atom is 0.415 e. The van der Waals surface area contributed by atoms with Crippen molar-refractivity contribution >= 4 is 35.0 Å². The van der Waals surface area contributed by atoms with E-state index in [4.69, 9.17) is 32.7 Å². The molecule has 2 aromatic rings. The van der Waals surface area contributed by atoms with Crippen molar-refractivity contribution in [1.82, 2.24) is 0 Å². The van der Waals surface area contributed by atoms with Gasteiger partial charge in [-0.2, -0.15) is 0 Å². The van der Waals surface area contributed by atoms with E-state index in [1.54, 1.807) is 39.8 Å². The Morgan fingerprint density at radius 2 is 1.79 bits per heavy atom. The fourth-order valence-corrected chi connectivity index (χ4v) is 3.35. The molecule has 0 saturated carbocycles. The molecule has 0 radical (unpaired) electrons. The highest BCUT2D eigenvalue weighted by atomic mass is 35.5. The summed E-state index contributed by atoms with van der Waals surface area (Å²) < 4.78 is 11.0. The molecule has 2 aromatic carbocycles. The Kier molecular flexibility index (Phi) is 7.35. The molecule has 0 N–H and O–H groups in total. The number of benzene rings is 1. The average molecular weight is 442 g/mol. The second-order valence-corrected chi connectivity index (χ2v) is 8.63. The van der Waals surface area contributed by atoms with Gasteiger partial charge < -0.3 is 9.47 Å². The van der Waals surface area contributed by atoms with Crippen LogP contribution in [0, 0.1) is 6.92 Å². The highest BCUT2D eigenvalue weighted by Gasteiger charge is 2.34. The second-order valence-electron chi connectivity index (χ2n) is 7.79. The SMILES string of the molecule is CCCCOc1c(N(Cc2c(C)cc(Cl)cc2Cl)C(=O)OC(C)(C)C)c(=O)c1=O. The monoisotopic (exact) mass is 441 g/mol. The molecule has 0 aliphatic heterocycles. The van der Waals surface area contributed by atoms with Crippen LogP contribution in [0.4, 0.5) is 10.5 Å². The topological polar surface area (TPSA) is 72.9 Å². The molecular weight excluding hydrogens is 417 g/mol. The molecule has 0 spiro atoms. The lowest BCUT2D eigenvalue weighted by molar-refractivity contribution is 0.0575. The van der Waals surface area contributed by atoms with Crippen molar-refractivity contribution < 1.29 is 14.3 Å². The van der Waals surface area contributed by atoms with Crippen molar-refractivity contribution in [3.8, 4) is 5.75 Å². The average Bonchev–Trinajstić information content (AvgIpc) is 2.59. The fourth-order valence-electron chi connectivity index (χ4n) is 2.70. The quantitative estimate of drug-likeness (QED) is 0.445. The smallest absolute Gasteiger partial charge is 0.415 e. The predicted octanol–water partition coefficient (Wildman–Crippen LogP) is 5.02. The Balaban J connectivity index is 2.48. The van der Waals surface area contributed by atoms with Crippen molar-refractivity contribution in [2.45, 2.75) is 59.6 Å². The van der Waals surface area contributed by atoms with Crippen LogP contribution in [0.3, 0.4) is 0 Å². The minimum absolute atomic E-state index is 0.0637. The lowest BCUT2D eigenvalue weighted by atomic mass is 10.1. The van der Waals surface area contributed by atoms with Gasteiger partial charge in [-0.1, -0.05) is 36.5 Å². The van der Waals surface area contributed by atoms with Gasteiger partial charge >= 0.3 is 6.09 Å². The Morgan fingerprint density at radius 3 is 2.34 bits per heavy atom. The summed E-state index contributed by atoms with van der Waals surface area (Å²) in [5, 5.41) is 0.800. The van der Waals surface area contributed by atoms with E-state index in [1.807, 2.05) is 6.92 Å². The van der Waals surface area contributed by atoms with Gasteiger partial charge in [-0.3, -0.25) is 14.5 Å². The van der Waals surface area contributed by atoms with Crippen LogP contribution in [0.1, 0.15) is 51.7 Å². The molecule has 0 saturated heterocycles. The summed E-state index contributed by atoms with van der Waals surface area (Å²) in [5.41, 5.74) is -1.11. The number of ether oxygens (including phenoxy) is 2. The van der Waals surface area contributed by atoms with Gasteiger partial charge in [0.25, 0.3) is 10.9 Å². The molecule has 0 bridgehead atoms. The first-order valence-electron chi connectivity index (χ1n) is 9.37. The van der Waals surface area contributed by atoms with Crippen molar-refractivity contribution in [2.75, 3.05) is 11.5 Å². The van der Waals surface area contributed by atoms with Crippen LogP contribution in [-0.4, -0.2) is 18.3 Å². The van der Waals surface area contributed by atoms with Crippen LogP contribution < -0.4 is 20.5 Å². The van der Waals surface area contributed by atoms with E-state index in [0.717, 1.165) is 16.9 Å². The maximum absolute atomic E-state index is 12.9. The molecule has 0 unspecified atom stereocenters. The Labute approximate surface area is 180 Å². The highest BCUT2D eigenvalue weighted by Crippen LogP contribution is 2.31. The number of rotatable bonds is 7. The van der Waals surface area contributed by atoms with Crippen molar-refractivity contribution in [3.05, 3.63) is 53.8 Å². The van der Waals surface area contributed by atoms with Gasteiger partial charge in [-0.25, -0.2) is 4.79 Å². The third-order valence-electron chi connectivity index (χ3n) is 4.17.